The lowest BCUT2D eigenvalue weighted by Gasteiger charge is -2.43. The number of imidazole rings is 1. The van der Waals surface area contributed by atoms with Crippen molar-refractivity contribution in [2.75, 3.05) is 18.4 Å². The van der Waals surface area contributed by atoms with E-state index >= 15 is 0 Å². The number of pyridine rings is 1. The van der Waals surface area contributed by atoms with E-state index in [2.05, 4.69) is 26.8 Å². The number of nitrogens with zero attached hydrogens (tertiary/aromatic N) is 4. The van der Waals surface area contributed by atoms with Crippen LogP contribution < -0.4 is 5.32 Å². The number of aryl methyl sites for hydroxylation is 1. The molecule has 0 unspecified atom stereocenters. The number of hydrogen-bond donors (Lipinski definition) is 2. The van der Waals surface area contributed by atoms with Crippen LogP contribution in [-0.4, -0.2) is 55.7 Å². The van der Waals surface area contributed by atoms with Gasteiger partial charge in [0.1, 0.15) is 5.52 Å². The van der Waals surface area contributed by atoms with Crippen LogP contribution >= 0.6 is 0 Å². The minimum atomic E-state index is -0.1000. The van der Waals surface area contributed by atoms with Gasteiger partial charge in [0, 0.05) is 31.4 Å². The van der Waals surface area contributed by atoms with Gasteiger partial charge in [-0.1, -0.05) is 12.6 Å². The zero-order valence-electron chi connectivity index (χ0n) is 16.0. The summed E-state index contributed by atoms with van der Waals surface area (Å²) in [7, 11) is 0. The standard InChI is InChI=1S/C21H20N6O2/c1-3-17(28)26-9-14(10-26)27-8-13-6-22-7-16(18(13)21(27)29)25-19-12(2)4-5-15-20(19)24-11-23-15/h3-7,11,14,25H,1,8-10H2,2H3,(H,23,24). The molecule has 1 aromatic carbocycles. The van der Waals surface area contributed by atoms with E-state index in [0.29, 0.717) is 30.9 Å². The van der Waals surface area contributed by atoms with Crippen LogP contribution in [0, 0.1) is 6.92 Å². The minimum absolute atomic E-state index is 0.0168. The van der Waals surface area contributed by atoms with Crippen LogP contribution in [0.4, 0.5) is 11.4 Å². The van der Waals surface area contributed by atoms with E-state index in [9.17, 15) is 9.59 Å². The second-order valence-electron chi connectivity index (χ2n) is 7.44. The average Bonchev–Trinajstić information content (AvgIpc) is 3.28. The lowest BCUT2D eigenvalue weighted by atomic mass is 10.1. The van der Waals surface area contributed by atoms with Crippen molar-refractivity contribution in [3.05, 3.63) is 60.2 Å². The predicted octanol–water partition coefficient (Wildman–Crippen LogP) is 2.36. The number of hydrogen-bond acceptors (Lipinski definition) is 5. The number of benzene rings is 1. The molecule has 0 atom stereocenters. The third-order valence-corrected chi connectivity index (χ3v) is 5.69. The topological polar surface area (TPSA) is 94.2 Å². The van der Waals surface area contributed by atoms with Crippen molar-refractivity contribution >= 4 is 34.2 Å². The van der Waals surface area contributed by atoms with Gasteiger partial charge < -0.3 is 20.1 Å². The van der Waals surface area contributed by atoms with Gasteiger partial charge in [-0.2, -0.15) is 0 Å². The fourth-order valence-electron chi connectivity index (χ4n) is 4.03. The number of anilines is 2. The SMILES string of the molecule is C=CC(=O)N1CC(N2Cc3cncc(Nc4c(C)ccc5[nH]cnc45)c3C2=O)C1. The summed E-state index contributed by atoms with van der Waals surface area (Å²) in [6, 6.07) is 4.01. The summed E-state index contributed by atoms with van der Waals surface area (Å²) in [5.41, 5.74) is 5.84. The van der Waals surface area contributed by atoms with E-state index in [0.717, 1.165) is 27.8 Å². The first-order chi connectivity index (χ1) is 14.1. The quantitative estimate of drug-likeness (QED) is 0.669. The first kappa shape index (κ1) is 17.4. The third-order valence-electron chi connectivity index (χ3n) is 5.69. The summed E-state index contributed by atoms with van der Waals surface area (Å²) >= 11 is 0. The highest BCUT2D eigenvalue weighted by molar-refractivity contribution is 6.05. The van der Waals surface area contributed by atoms with E-state index in [4.69, 9.17) is 0 Å². The number of aromatic nitrogens is 3. The first-order valence-electron chi connectivity index (χ1n) is 9.45. The second-order valence-corrected chi connectivity index (χ2v) is 7.44. The second kappa shape index (κ2) is 6.44. The van der Waals surface area contributed by atoms with Gasteiger partial charge in [-0.05, 0) is 24.6 Å². The molecule has 8 heteroatoms. The van der Waals surface area contributed by atoms with Crippen molar-refractivity contribution < 1.29 is 9.59 Å². The van der Waals surface area contributed by atoms with Crippen LogP contribution in [0.25, 0.3) is 11.0 Å². The molecule has 146 valence electrons. The van der Waals surface area contributed by atoms with Crippen LogP contribution in [-0.2, 0) is 11.3 Å². The van der Waals surface area contributed by atoms with Gasteiger partial charge in [0.05, 0.1) is 41.0 Å². The van der Waals surface area contributed by atoms with Gasteiger partial charge in [-0.15, -0.1) is 0 Å². The van der Waals surface area contributed by atoms with Crippen LogP contribution in [0.1, 0.15) is 21.5 Å². The molecule has 4 heterocycles. The molecule has 0 spiro atoms. The van der Waals surface area contributed by atoms with Gasteiger partial charge in [0.25, 0.3) is 5.91 Å². The zero-order chi connectivity index (χ0) is 20.1. The van der Waals surface area contributed by atoms with E-state index in [-0.39, 0.29) is 17.9 Å². The highest BCUT2D eigenvalue weighted by atomic mass is 16.2. The molecular weight excluding hydrogens is 368 g/mol. The summed E-state index contributed by atoms with van der Waals surface area (Å²) < 4.78 is 0. The third kappa shape index (κ3) is 2.67. The molecule has 2 aliphatic heterocycles. The first-order valence-corrected chi connectivity index (χ1v) is 9.45. The molecule has 0 radical (unpaired) electrons. The number of carbonyl (C=O) groups is 2. The van der Waals surface area contributed by atoms with Crippen molar-refractivity contribution in [3.63, 3.8) is 0 Å². The Balaban J connectivity index is 1.44. The number of carbonyl (C=O) groups excluding carboxylic acids is 2. The fourth-order valence-corrected chi connectivity index (χ4v) is 4.03. The van der Waals surface area contributed by atoms with E-state index in [1.165, 1.54) is 6.08 Å². The molecule has 2 amide bonds. The molecule has 1 saturated heterocycles. The molecule has 2 aromatic heterocycles. The number of rotatable bonds is 4. The monoisotopic (exact) mass is 388 g/mol. The Hall–Kier alpha value is -3.68. The van der Waals surface area contributed by atoms with Crippen LogP contribution in [0.15, 0.2) is 43.5 Å². The number of H-pyrrole nitrogens is 1. The maximum Gasteiger partial charge on any atom is 0.257 e. The number of likely N-dealkylation sites (tertiary alicyclic amines) is 1. The van der Waals surface area contributed by atoms with Crippen molar-refractivity contribution in [3.8, 4) is 0 Å². The Labute approximate surface area is 167 Å². The summed E-state index contributed by atoms with van der Waals surface area (Å²) in [6.45, 7) is 7.09. The van der Waals surface area contributed by atoms with Gasteiger partial charge in [-0.3, -0.25) is 14.6 Å². The molecule has 1 fully saturated rings. The summed E-state index contributed by atoms with van der Waals surface area (Å²) in [5, 5.41) is 3.39. The van der Waals surface area contributed by atoms with E-state index < -0.39 is 0 Å². The molecule has 3 aromatic rings. The highest BCUT2D eigenvalue weighted by Crippen LogP contribution is 2.35. The Kier molecular flexibility index (Phi) is 3.87. The molecule has 0 saturated carbocycles. The molecule has 5 rings (SSSR count). The highest BCUT2D eigenvalue weighted by Gasteiger charge is 2.41. The Morgan fingerprint density at radius 3 is 2.97 bits per heavy atom. The smallest absolute Gasteiger partial charge is 0.257 e. The normalized spacial score (nSPS) is 16.1. The molecule has 0 aliphatic carbocycles. The Morgan fingerprint density at radius 2 is 2.17 bits per heavy atom. The van der Waals surface area contributed by atoms with Crippen molar-refractivity contribution in [2.24, 2.45) is 0 Å². The molecule has 29 heavy (non-hydrogen) atoms. The number of amides is 2. The van der Waals surface area contributed by atoms with Gasteiger partial charge in [-0.25, -0.2) is 4.98 Å². The molecule has 8 nitrogen and oxygen atoms in total. The average molecular weight is 388 g/mol. The number of fused-ring (bicyclic) bond motifs is 2. The molecular formula is C21H20N6O2. The van der Waals surface area contributed by atoms with Crippen LogP contribution in [0.5, 0.6) is 0 Å². The largest absolute Gasteiger partial charge is 0.352 e. The maximum absolute atomic E-state index is 13.2. The van der Waals surface area contributed by atoms with Crippen LogP contribution in [0.2, 0.25) is 0 Å². The van der Waals surface area contributed by atoms with Gasteiger partial charge in [0.15, 0.2) is 0 Å². The molecule has 2 aliphatic rings. The van der Waals surface area contributed by atoms with Crippen molar-refractivity contribution in [1.29, 1.82) is 0 Å². The Bertz CT molecular complexity index is 1160. The van der Waals surface area contributed by atoms with Crippen molar-refractivity contribution in [1.82, 2.24) is 24.8 Å². The fraction of sp³-hybridized carbons (Fsp3) is 0.238. The summed E-state index contributed by atoms with van der Waals surface area (Å²) in [5.74, 6) is -0.135. The Morgan fingerprint density at radius 1 is 1.34 bits per heavy atom. The zero-order valence-corrected chi connectivity index (χ0v) is 16.0. The molecule has 2 N–H and O–H groups in total. The number of aromatic amines is 1. The summed E-state index contributed by atoms with van der Waals surface area (Å²) in [4.78, 5) is 40.3. The lowest BCUT2D eigenvalue weighted by Crippen LogP contribution is -2.60. The maximum atomic E-state index is 13.2. The van der Waals surface area contributed by atoms with E-state index in [1.807, 2.05) is 24.0 Å². The summed E-state index contributed by atoms with van der Waals surface area (Å²) in [6.07, 6.45) is 6.38. The van der Waals surface area contributed by atoms with Gasteiger partial charge >= 0.3 is 0 Å². The minimum Gasteiger partial charge on any atom is -0.352 e. The van der Waals surface area contributed by atoms with E-state index in [1.54, 1.807) is 23.6 Å². The lowest BCUT2D eigenvalue weighted by molar-refractivity contribution is -0.132. The van der Waals surface area contributed by atoms with Gasteiger partial charge in [0.2, 0.25) is 5.91 Å². The van der Waals surface area contributed by atoms with Crippen molar-refractivity contribution in [2.45, 2.75) is 19.5 Å². The predicted molar refractivity (Wildman–Crippen MR) is 109 cm³/mol. The molecule has 0 bridgehead atoms. The van der Waals surface area contributed by atoms with Crippen LogP contribution in [0.3, 0.4) is 0 Å². The number of nitrogens with one attached hydrogen (secondary N) is 2.